The zero-order chi connectivity index (χ0) is 14.3. The zero-order valence-corrected chi connectivity index (χ0v) is 11.2. The van der Waals surface area contributed by atoms with Gasteiger partial charge in [0, 0.05) is 12.2 Å². The van der Waals surface area contributed by atoms with Crippen LogP contribution in [0.25, 0.3) is 0 Å². The fourth-order valence-electron chi connectivity index (χ4n) is 1.09. The molecule has 0 aliphatic heterocycles. The molecule has 1 aromatic rings. The van der Waals surface area contributed by atoms with Gasteiger partial charge in [0.05, 0.1) is 7.11 Å². The molecule has 1 aromatic carbocycles. The van der Waals surface area contributed by atoms with Gasteiger partial charge in [-0.15, -0.1) is 0 Å². The van der Waals surface area contributed by atoms with E-state index in [0.717, 1.165) is 12.5 Å². The number of carbonyl (C=O) groups excluding carboxylic acids is 1. The number of amides is 1. The van der Waals surface area contributed by atoms with Crippen LogP contribution in [0.4, 0.5) is 0 Å². The van der Waals surface area contributed by atoms with Crippen molar-refractivity contribution < 1.29 is 22.8 Å². The van der Waals surface area contributed by atoms with Crippen LogP contribution < -0.4 is 9.46 Å². The molecule has 0 saturated heterocycles. The summed E-state index contributed by atoms with van der Waals surface area (Å²) in [7, 11) is -2.58. The molecule has 0 bridgehead atoms. The Morgan fingerprint density at radius 2 is 1.95 bits per heavy atom. The van der Waals surface area contributed by atoms with E-state index in [1.165, 1.54) is 0 Å². The van der Waals surface area contributed by atoms with Gasteiger partial charge < -0.3 is 9.57 Å². The van der Waals surface area contributed by atoms with Crippen molar-refractivity contribution in [2.45, 2.75) is 13.5 Å². The van der Waals surface area contributed by atoms with E-state index in [2.05, 4.69) is 9.80 Å². The van der Waals surface area contributed by atoms with Crippen molar-refractivity contribution in [3.05, 3.63) is 29.8 Å². The molecule has 0 aliphatic carbocycles. The van der Waals surface area contributed by atoms with E-state index < -0.39 is 16.1 Å². The molecule has 0 radical (unpaired) electrons. The number of nitrogens with one attached hydrogen (secondary N) is 1. The molecule has 1 rings (SSSR count). The number of nitrogens with zero attached hydrogens (tertiary/aromatic N) is 2. The van der Waals surface area contributed by atoms with Gasteiger partial charge in [-0.25, -0.2) is 4.72 Å². The monoisotopic (exact) mass is 287 g/mol. The minimum atomic E-state index is -4.13. The van der Waals surface area contributed by atoms with Crippen LogP contribution in [0.5, 0.6) is 5.75 Å². The maximum Gasteiger partial charge on any atom is 0.364 e. The standard InChI is InChI=1S/C10H13N3O5S/c1-8(14)11-19(15,16)13-12-18-7-9-3-5-10(17-2)6-4-9/h3-6H,7H2,1-2H3,(H,11,14). The molecule has 0 spiro atoms. The molecule has 0 heterocycles. The summed E-state index contributed by atoms with van der Waals surface area (Å²) < 4.78 is 31.5. The van der Waals surface area contributed by atoms with Crippen LogP contribution in [0.3, 0.4) is 0 Å². The highest BCUT2D eigenvalue weighted by Gasteiger charge is 2.09. The number of hydrogen-bond donors (Lipinski definition) is 1. The first-order chi connectivity index (χ1) is 8.93. The van der Waals surface area contributed by atoms with Crippen molar-refractivity contribution in [3.8, 4) is 5.75 Å². The van der Waals surface area contributed by atoms with Crippen molar-refractivity contribution in [1.82, 2.24) is 4.72 Å². The Balaban J connectivity index is 2.47. The van der Waals surface area contributed by atoms with Crippen molar-refractivity contribution in [2.24, 2.45) is 9.80 Å². The quantitative estimate of drug-likeness (QED) is 0.619. The lowest BCUT2D eigenvalue weighted by molar-refractivity contribution is -0.117. The van der Waals surface area contributed by atoms with Crippen LogP contribution in [0.1, 0.15) is 12.5 Å². The Labute approximate surface area is 110 Å². The predicted octanol–water partition coefficient (Wildman–Crippen LogP) is 0.960. The summed E-state index contributed by atoms with van der Waals surface area (Å²) in [4.78, 5) is 15.2. The summed E-state index contributed by atoms with van der Waals surface area (Å²) >= 11 is 0. The minimum Gasteiger partial charge on any atom is -0.497 e. The van der Waals surface area contributed by atoms with Crippen molar-refractivity contribution in [2.75, 3.05) is 7.11 Å². The van der Waals surface area contributed by atoms with Crippen LogP contribution in [0, 0.1) is 0 Å². The summed E-state index contributed by atoms with van der Waals surface area (Å²) in [5.41, 5.74) is 0.761. The third kappa shape index (κ3) is 5.82. The highest BCUT2D eigenvalue weighted by Crippen LogP contribution is 2.11. The topological polar surface area (TPSA) is 106 Å². The number of ether oxygens (including phenoxy) is 1. The lowest BCUT2D eigenvalue weighted by Crippen LogP contribution is -2.25. The average molecular weight is 287 g/mol. The third-order valence-corrected chi connectivity index (χ3v) is 2.69. The van der Waals surface area contributed by atoms with Crippen molar-refractivity contribution in [1.29, 1.82) is 0 Å². The molecule has 0 saturated carbocycles. The van der Waals surface area contributed by atoms with Crippen LogP contribution >= 0.6 is 0 Å². The third-order valence-electron chi connectivity index (χ3n) is 1.86. The maximum atomic E-state index is 11.0. The molecule has 8 nitrogen and oxygen atoms in total. The molecule has 0 aliphatic rings. The fourth-order valence-corrected chi connectivity index (χ4v) is 1.63. The summed E-state index contributed by atoms with van der Waals surface area (Å²) in [5, 5.41) is 3.03. The second-order valence-corrected chi connectivity index (χ2v) is 4.74. The highest BCUT2D eigenvalue weighted by molar-refractivity contribution is 7.88. The fraction of sp³-hybridized carbons (Fsp3) is 0.300. The Bertz CT molecular complexity index is 553. The number of rotatable bonds is 6. The van der Waals surface area contributed by atoms with Gasteiger partial charge >= 0.3 is 10.2 Å². The largest absolute Gasteiger partial charge is 0.497 e. The summed E-state index contributed by atoms with van der Waals surface area (Å²) in [6.07, 6.45) is 0. The summed E-state index contributed by atoms with van der Waals surface area (Å²) in [5.74, 6) is -0.0623. The van der Waals surface area contributed by atoms with Crippen LogP contribution in [0.15, 0.2) is 34.1 Å². The Kier molecular flexibility index (Phi) is 5.24. The van der Waals surface area contributed by atoms with E-state index in [4.69, 9.17) is 9.57 Å². The second kappa shape index (κ2) is 6.69. The van der Waals surface area contributed by atoms with Crippen LogP contribution in [0.2, 0.25) is 0 Å². The molecule has 0 aromatic heterocycles. The first-order valence-electron chi connectivity index (χ1n) is 5.13. The Hall–Kier alpha value is -2.16. The average Bonchev–Trinajstić information content (AvgIpc) is 2.34. The van der Waals surface area contributed by atoms with Crippen LogP contribution in [-0.4, -0.2) is 21.4 Å². The maximum absolute atomic E-state index is 11.0. The number of carbonyl (C=O) groups is 1. The Morgan fingerprint density at radius 3 is 2.47 bits per heavy atom. The molecule has 0 fully saturated rings. The van der Waals surface area contributed by atoms with Crippen molar-refractivity contribution in [3.63, 3.8) is 0 Å². The SMILES string of the molecule is COc1ccc(CON=NS(=O)(=O)NC(C)=O)cc1. The predicted molar refractivity (Wildman–Crippen MR) is 65.4 cm³/mol. The van der Waals surface area contributed by atoms with E-state index in [0.29, 0.717) is 5.75 Å². The van der Waals surface area contributed by atoms with E-state index in [1.54, 1.807) is 36.1 Å². The normalized spacial score (nSPS) is 11.3. The lowest BCUT2D eigenvalue weighted by Gasteiger charge is -2.01. The first-order valence-corrected chi connectivity index (χ1v) is 6.57. The lowest BCUT2D eigenvalue weighted by atomic mass is 10.2. The van der Waals surface area contributed by atoms with Crippen LogP contribution in [-0.2, 0) is 26.4 Å². The van der Waals surface area contributed by atoms with E-state index in [1.807, 2.05) is 0 Å². The second-order valence-electron chi connectivity index (χ2n) is 3.42. The van der Waals surface area contributed by atoms with Gasteiger partial charge in [-0.1, -0.05) is 12.1 Å². The Morgan fingerprint density at radius 1 is 1.32 bits per heavy atom. The molecule has 1 N–H and O–H groups in total. The van der Waals surface area contributed by atoms with Gasteiger partial charge in [0.2, 0.25) is 5.91 Å². The van der Waals surface area contributed by atoms with Gasteiger partial charge in [-0.3, -0.25) is 4.79 Å². The number of hydrogen-bond acceptors (Lipinski definition) is 6. The van der Waals surface area contributed by atoms with Gasteiger partial charge in [0.1, 0.15) is 12.4 Å². The first kappa shape index (κ1) is 14.9. The minimum absolute atomic E-state index is 0.0447. The van der Waals surface area contributed by atoms with E-state index >= 15 is 0 Å². The molecule has 1 amide bonds. The molecule has 0 unspecified atom stereocenters. The molecular formula is C10H13N3O5S. The molecular weight excluding hydrogens is 274 g/mol. The van der Waals surface area contributed by atoms with Gasteiger partial charge in [-0.05, 0) is 22.2 Å². The van der Waals surface area contributed by atoms with E-state index in [9.17, 15) is 13.2 Å². The number of benzene rings is 1. The smallest absolute Gasteiger partial charge is 0.364 e. The van der Waals surface area contributed by atoms with Crippen molar-refractivity contribution >= 4 is 16.1 Å². The number of methoxy groups -OCH3 is 1. The highest BCUT2D eigenvalue weighted by atomic mass is 32.2. The summed E-state index contributed by atoms with van der Waals surface area (Å²) in [6, 6.07) is 6.92. The molecule has 9 heteroatoms. The van der Waals surface area contributed by atoms with Gasteiger partial charge in [-0.2, -0.15) is 8.42 Å². The van der Waals surface area contributed by atoms with Gasteiger partial charge in [0.15, 0.2) is 0 Å². The zero-order valence-electron chi connectivity index (χ0n) is 10.4. The van der Waals surface area contributed by atoms with Gasteiger partial charge in [0.25, 0.3) is 0 Å². The summed E-state index contributed by atoms with van der Waals surface area (Å²) in [6.45, 7) is 1.09. The van der Waals surface area contributed by atoms with E-state index in [-0.39, 0.29) is 6.61 Å². The molecule has 19 heavy (non-hydrogen) atoms. The molecule has 0 atom stereocenters. The molecule has 104 valence electrons.